The van der Waals surface area contributed by atoms with Crippen molar-refractivity contribution in [3.8, 4) is 22.6 Å². The maximum absolute atomic E-state index is 12.9. The SMILES string of the molecule is O=C(CSc1nc(-c2ccccc2)c(-c2ccccc2)o1)N1CCC(Cc2ccccc2)CC1. The Morgan fingerprint density at radius 1 is 0.853 bits per heavy atom. The van der Waals surface area contributed by atoms with E-state index in [0.29, 0.717) is 16.9 Å². The second kappa shape index (κ2) is 10.7. The Balaban J connectivity index is 1.21. The minimum Gasteiger partial charge on any atom is -0.431 e. The highest BCUT2D eigenvalue weighted by Crippen LogP contribution is 2.35. The van der Waals surface area contributed by atoms with Gasteiger partial charge in [0, 0.05) is 24.2 Å². The quantitative estimate of drug-likeness (QED) is 0.287. The van der Waals surface area contributed by atoms with Gasteiger partial charge < -0.3 is 9.32 Å². The van der Waals surface area contributed by atoms with Crippen molar-refractivity contribution in [3.05, 3.63) is 96.6 Å². The first kappa shape index (κ1) is 22.5. The summed E-state index contributed by atoms with van der Waals surface area (Å²) in [6, 6.07) is 30.7. The predicted molar refractivity (Wildman–Crippen MR) is 138 cm³/mol. The molecular formula is C29H28N2O2S. The molecule has 0 radical (unpaired) electrons. The summed E-state index contributed by atoms with van der Waals surface area (Å²) in [5, 5.41) is 0.532. The Bertz CT molecular complexity index is 1140. The minimum atomic E-state index is 0.156. The molecule has 0 aliphatic carbocycles. The highest BCUT2D eigenvalue weighted by Gasteiger charge is 2.24. The van der Waals surface area contributed by atoms with E-state index in [0.717, 1.165) is 54.9 Å². The summed E-state index contributed by atoms with van der Waals surface area (Å²) in [4.78, 5) is 19.7. The number of aromatic nitrogens is 1. The molecule has 5 heteroatoms. The highest BCUT2D eigenvalue weighted by atomic mass is 32.2. The van der Waals surface area contributed by atoms with Crippen molar-refractivity contribution in [2.75, 3.05) is 18.8 Å². The van der Waals surface area contributed by atoms with Gasteiger partial charge in [-0.05, 0) is 30.7 Å². The zero-order valence-electron chi connectivity index (χ0n) is 19.1. The molecular weight excluding hydrogens is 440 g/mol. The fourth-order valence-electron chi connectivity index (χ4n) is 4.49. The predicted octanol–water partition coefficient (Wildman–Crippen LogP) is 6.58. The van der Waals surface area contributed by atoms with Crippen LogP contribution in [0.1, 0.15) is 18.4 Å². The van der Waals surface area contributed by atoms with Crippen LogP contribution in [0.25, 0.3) is 22.6 Å². The number of likely N-dealkylation sites (tertiary alicyclic amines) is 1. The van der Waals surface area contributed by atoms with E-state index >= 15 is 0 Å². The van der Waals surface area contributed by atoms with Crippen molar-refractivity contribution in [2.45, 2.75) is 24.5 Å². The Morgan fingerprint density at radius 3 is 2.09 bits per heavy atom. The van der Waals surface area contributed by atoms with Crippen molar-refractivity contribution >= 4 is 17.7 Å². The van der Waals surface area contributed by atoms with Gasteiger partial charge in [0.1, 0.15) is 5.69 Å². The third kappa shape index (κ3) is 5.42. The lowest BCUT2D eigenvalue weighted by Gasteiger charge is -2.32. The van der Waals surface area contributed by atoms with Crippen molar-refractivity contribution in [3.63, 3.8) is 0 Å². The van der Waals surface area contributed by atoms with Crippen LogP contribution in [-0.4, -0.2) is 34.6 Å². The summed E-state index contributed by atoms with van der Waals surface area (Å²) >= 11 is 1.38. The van der Waals surface area contributed by atoms with Crippen molar-refractivity contribution in [2.24, 2.45) is 5.92 Å². The molecule has 0 saturated carbocycles. The summed E-state index contributed by atoms with van der Waals surface area (Å²) in [6.07, 6.45) is 3.21. The van der Waals surface area contributed by atoms with Gasteiger partial charge in [-0.1, -0.05) is 103 Å². The number of thioether (sulfide) groups is 1. The van der Waals surface area contributed by atoms with Gasteiger partial charge in [-0.15, -0.1) is 0 Å². The minimum absolute atomic E-state index is 0.156. The summed E-state index contributed by atoms with van der Waals surface area (Å²) in [5.41, 5.74) is 4.18. The lowest BCUT2D eigenvalue weighted by molar-refractivity contribution is -0.129. The summed E-state index contributed by atoms with van der Waals surface area (Å²) < 4.78 is 6.16. The lowest BCUT2D eigenvalue weighted by atomic mass is 9.90. The molecule has 1 aromatic heterocycles. The third-order valence-corrected chi connectivity index (χ3v) is 7.16. The Morgan fingerprint density at radius 2 is 1.44 bits per heavy atom. The molecule has 1 amide bonds. The van der Waals surface area contributed by atoms with E-state index in [1.54, 1.807) is 0 Å². The molecule has 172 valence electrons. The van der Waals surface area contributed by atoms with Crippen molar-refractivity contribution in [1.82, 2.24) is 9.88 Å². The second-order valence-corrected chi connectivity index (χ2v) is 9.62. The first-order valence-electron chi connectivity index (χ1n) is 11.8. The largest absolute Gasteiger partial charge is 0.431 e. The molecule has 1 aliphatic rings. The fraction of sp³-hybridized carbons (Fsp3) is 0.241. The number of rotatable bonds is 7. The number of carbonyl (C=O) groups excluding carboxylic acids is 1. The van der Waals surface area contributed by atoms with E-state index in [1.807, 2.05) is 65.6 Å². The zero-order chi connectivity index (χ0) is 23.2. The van der Waals surface area contributed by atoms with Gasteiger partial charge in [-0.3, -0.25) is 4.79 Å². The van der Waals surface area contributed by atoms with Crippen LogP contribution in [0.3, 0.4) is 0 Å². The Labute approximate surface area is 205 Å². The molecule has 0 N–H and O–H groups in total. The highest BCUT2D eigenvalue weighted by molar-refractivity contribution is 7.99. The Hall–Kier alpha value is -3.31. The van der Waals surface area contributed by atoms with E-state index < -0.39 is 0 Å². The van der Waals surface area contributed by atoms with Crippen molar-refractivity contribution < 1.29 is 9.21 Å². The molecule has 0 bridgehead atoms. The fourth-order valence-corrected chi connectivity index (χ4v) is 5.22. The number of piperidine rings is 1. The molecule has 0 spiro atoms. The maximum atomic E-state index is 12.9. The normalized spacial score (nSPS) is 14.3. The van der Waals surface area contributed by atoms with Crippen LogP contribution in [0.5, 0.6) is 0 Å². The number of carbonyl (C=O) groups is 1. The molecule has 34 heavy (non-hydrogen) atoms. The first-order valence-corrected chi connectivity index (χ1v) is 12.8. The molecule has 1 fully saturated rings. The number of benzene rings is 3. The standard InChI is InChI=1S/C29H28N2O2S/c32-26(31-18-16-23(17-19-31)20-22-10-4-1-5-11-22)21-34-29-30-27(24-12-6-2-7-13-24)28(33-29)25-14-8-3-9-15-25/h1-15,23H,16-21H2. The molecule has 4 nitrogen and oxygen atoms in total. The zero-order valence-corrected chi connectivity index (χ0v) is 19.9. The van der Waals surface area contributed by atoms with E-state index in [1.165, 1.54) is 17.3 Å². The molecule has 2 heterocycles. The van der Waals surface area contributed by atoms with Gasteiger partial charge in [0.25, 0.3) is 5.22 Å². The molecule has 3 aromatic carbocycles. The molecule has 0 unspecified atom stereocenters. The number of nitrogens with zero attached hydrogens (tertiary/aromatic N) is 2. The number of hydrogen-bond donors (Lipinski definition) is 0. The second-order valence-electron chi connectivity index (χ2n) is 8.69. The van der Waals surface area contributed by atoms with E-state index in [9.17, 15) is 4.79 Å². The van der Waals surface area contributed by atoms with Gasteiger partial charge in [-0.2, -0.15) is 0 Å². The van der Waals surface area contributed by atoms with Gasteiger partial charge in [-0.25, -0.2) is 4.98 Å². The van der Waals surface area contributed by atoms with E-state index in [4.69, 9.17) is 9.40 Å². The molecule has 0 atom stereocenters. The van der Waals surface area contributed by atoms with E-state index in [2.05, 4.69) is 30.3 Å². The van der Waals surface area contributed by atoms with Crippen LogP contribution in [0, 0.1) is 5.92 Å². The number of oxazole rings is 1. The summed E-state index contributed by atoms with van der Waals surface area (Å²) in [5.74, 6) is 1.88. The van der Waals surface area contributed by atoms with Crippen LogP contribution in [0.4, 0.5) is 0 Å². The van der Waals surface area contributed by atoms with Crippen LogP contribution >= 0.6 is 11.8 Å². The van der Waals surface area contributed by atoms with Gasteiger partial charge in [0.15, 0.2) is 5.76 Å². The van der Waals surface area contributed by atoms with Crippen LogP contribution < -0.4 is 0 Å². The van der Waals surface area contributed by atoms with Crippen molar-refractivity contribution in [1.29, 1.82) is 0 Å². The van der Waals surface area contributed by atoms with Gasteiger partial charge >= 0.3 is 0 Å². The molecule has 4 aromatic rings. The summed E-state index contributed by atoms with van der Waals surface area (Å²) in [6.45, 7) is 1.65. The molecule has 5 rings (SSSR count). The third-order valence-electron chi connectivity index (χ3n) is 6.34. The van der Waals surface area contributed by atoms with Crippen LogP contribution in [0.2, 0.25) is 0 Å². The number of amides is 1. The average Bonchev–Trinajstić information content (AvgIpc) is 3.34. The van der Waals surface area contributed by atoms with Crippen LogP contribution in [0.15, 0.2) is 101 Å². The monoisotopic (exact) mass is 468 g/mol. The first-order chi connectivity index (χ1) is 16.8. The average molecular weight is 469 g/mol. The van der Waals surface area contributed by atoms with Gasteiger partial charge in [0.05, 0.1) is 5.75 Å². The molecule has 1 aliphatic heterocycles. The van der Waals surface area contributed by atoms with E-state index in [-0.39, 0.29) is 5.91 Å². The lowest BCUT2D eigenvalue weighted by Crippen LogP contribution is -2.39. The smallest absolute Gasteiger partial charge is 0.257 e. The van der Waals surface area contributed by atoms with Crippen LogP contribution in [-0.2, 0) is 11.2 Å². The number of hydrogen-bond acceptors (Lipinski definition) is 4. The van der Waals surface area contributed by atoms with Gasteiger partial charge in [0.2, 0.25) is 5.91 Å². The molecule has 1 saturated heterocycles. The summed E-state index contributed by atoms with van der Waals surface area (Å²) in [7, 11) is 0. The topological polar surface area (TPSA) is 46.3 Å². The Kier molecular flexibility index (Phi) is 7.10. The maximum Gasteiger partial charge on any atom is 0.257 e.